The molecule has 2 rings (SSSR count). The van der Waals surface area contributed by atoms with E-state index in [-0.39, 0.29) is 10.2 Å². The summed E-state index contributed by atoms with van der Waals surface area (Å²) >= 11 is 2.94. The van der Waals surface area contributed by atoms with Crippen LogP contribution in [0.5, 0.6) is 5.75 Å². The van der Waals surface area contributed by atoms with E-state index in [2.05, 4.69) is 21.2 Å². The molecule has 0 saturated heterocycles. The highest BCUT2D eigenvalue weighted by Gasteiger charge is 2.07. The summed E-state index contributed by atoms with van der Waals surface area (Å²) in [5, 5.41) is 2.89. The molecule has 0 heterocycles. The van der Waals surface area contributed by atoms with Crippen molar-refractivity contribution in [1.82, 2.24) is 0 Å². The number of rotatable bonds is 5. The van der Waals surface area contributed by atoms with Crippen molar-refractivity contribution in [2.24, 2.45) is 0 Å². The summed E-state index contributed by atoms with van der Waals surface area (Å²) in [5.41, 5.74) is 1.26. The van der Waals surface area contributed by atoms with E-state index in [1.165, 1.54) is 0 Å². The van der Waals surface area contributed by atoms with Crippen molar-refractivity contribution in [3.8, 4) is 5.75 Å². The van der Waals surface area contributed by atoms with Gasteiger partial charge in [-0.25, -0.2) is 8.78 Å². The molecule has 0 amide bonds. The van der Waals surface area contributed by atoms with Crippen molar-refractivity contribution in [2.75, 3.05) is 19.0 Å². The van der Waals surface area contributed by atoms with Crippen molar-refractivity contribution >= 4 is 21.6 Å². The average Bonchev–Trinajstić information content (AvgIpc) is 2.45. The molecular formula is C15H14BrF2NO. The Hall–Kier alpha value is -1.62. The van der Waals surface area contributed by atoms with Crippen LogP contribution in [0.1, 0.15) is 5.56 Å². The predicted molar refractivity (Wildman–Crippen MR) is 79.2 cm³/mol. The SMILES string of the molecule is COc1ccc(CCNc2cc(F)c(Br)cc2F)cc1. The fourth-order valence-electron chi connectivity index (χ4n) is 1.79. The van der Waals surface area contributed by atoms with Crippen molar-refractivity contribution in [3.05, 3.63) is 58.1 Å². The second-order valence-corrected chi connectivity index (χ2v) is 5.13. The van der Waals surface area contributed by atoms with E-state index in [4.69, 9.17) is 4.74 Å². The van der Waals surface area contributed by atoms with Crippen LogP contribution in [0.4, 0.5) is 14.5 Å². The van der Waals surface area contributed by atoms with Gasteiger partial charge in [0, 0.05) is 12.6 Å². The molecule has 0 aliphatic heterocycles. The lowest BCUT2D eigenvalue weighted by molar-refractivity contribution is 0.414. The summed E-state index contributed by atoms with van der Waals surface area (Å²) in [6.07, 6.45) is 0.709. The van der Waals surface area contributed by atoms with Gasteiger partial charge in [-0.05, 0) is 46.1 Å². The van der Waals surface area contributed by atoms with Gasteiger partial charge in [0.1, 0.15) is 17.4 Å². The van der Waals surface area contributed by atoms with E-state index in [1.807, 2.05) is 24.3 Å². The molecule has 0 aliphatic rings. The number of ether oxygens (including phenoxy) is 1. The number of anilines is 1. The smallest absolute Gasteiger partial charge is 0.147 e. The highest BCUT2D eigenvalue weighted by atomic mass is 79.9. The molecule has 0 aliphatic carbocycles. The lowest BCUT2D eigenvalue weighted by Crippen LogP contribution is -2.07. The van der Waals surface area contributed by atoms with Crippen molar-refractivity contribution in [3.63, 3.8) is 0 Å². The van der Waals surface area contributed by atoms with E-state index in [1.54, 1.807) is 7.11 Å². The number of halogens is 3. The van der Waals surface area contributed by atoms with Crippen LogP contribution in [0.15, 0.2) is 40.9 Å². The van der Waals surface area contributed by atoms with Gasteiger partial charge in [0.25, 0.3) is 0 Å². The van der Waals surface area contributed by atoms with Gasteiger partial charge in [-0.3, -0.25) is 0 Å². The van der Waals surface area contributed by atoms with E-state index in [0.29, 0.717) is 13.0 Å². The van der Waals surface area contributed by atoms with E-state index >= 15 is 0 Å². The van der Waals surface area contributed by atoms with Crippen LogP contribution < -0.4 is 10.1 Å². The molecule has 20 heavy (non-hydrogen) atoms. The van der Waals surface area contributed by atoms with Crippen molar-refractivity contribution < 1.29 is 13.5 Å². The number of benzene rings is 2. The largest absolute Gasteiger partial charge is 0.497 e. The third kappa shape index (κ3) is 3.70. The van der Waals surface area contributed by atoms with Gasteiger partial charge in [0.05, 0.1) is 17.3 Å². The molecule has 0 radical (unpaired) electrons. The van der Waals surface area contributed by atoms with Crippen LogP contribution in [-0.2, 0) is 6.42 Å². The maximum Gasteiger partial charge on any atom is 0.147 e. The predicted octanol–water partition coefficient (Wildman–Crippen LogP) is 4.39. The Kier molecular flexibility index (Phi) is 4.95. The lowest BCUT2D eigenvalue weighted by atomic mass is 10.1. The quantitative estimate of drug-likeness (QED) is 0.814. The standard InChI is InChI=1S/C15H14BrF2NO/c1-20-11-4-2-10(3-5-11)6-7-19-15-9-13(17)12(16)8-14(15)18/h2-5,8-9,19H,6-7H2,1H3. The Morgan fingerprint density at radius 3 is 2.45 bits per heavy atom. The van der Waals surface area contributed by atoms with Gasteiger partial charge in [-0.2, -0.15) is 0 Å². The molecule has 0 saturated carbocycles. The Morgan fingerprint density at radius 1 is 1.10 bits per heavy atom. The first kappa shape index (κ1) is 14.8. The molecular weight excluding hydrogens is 328 g/mol. The first-order valence-electron chi connectivity index (χ1n) is 6.11. The normalized spacial score (nSPS) is 10.4. The zero-order valence-corrected chi connectivity index (χ0v) is 12.5. The first-order chi connectivity index (χ1) is 9.60. The van der Waals surface area contributed by atoms with Gasteiger partial charge in [0.15, 0.2) is 0 Å². The van der Waals surface area contributed by atoms with Crippen molar-refractivity contribution in [2.45, 2.75) is 6.42 Å². The first-order valence-corrected chi connectivity index (χ1v) is 6.91. The Morgan fingerprint density at radius 2 is 1.80 bits per heavy atom. The van der Waals surface area contributed by atoms with Gasteiger partial charge in [-0.15, -0.1) is 0 Å². The van der Waals surface area contributed by atoms with Gasteiger partial charge in [-0.1, -0.05) is 12.1 Å². The maximum absolute atomic E-state index is 13.6. The minimum atomic E-state index is -0.488. The average molecular weight is 342 g/mol. The lowest BCUT2D eigenvalue weighted by Gasteiger charge is -2.09. The summed E-state index contributed by atoms with van der Waals surface area (Å²) in [5.74, 6) is -0.172. The topological polar surface area (TPSA) is 21.3 Å². The van der Waals surface area contributed by atoms with Gasteiger partial charge in [0.2, 0.25) is 0 Å². The summed E-state index contributed by atoms with van der Waals surface area (Å²) in [6.45, 7) is 0.518. The molecule has 0 aromatic heterocycles. The van der Waals surface area contributed by atoms with Crippen LogP contribution >= 0.6 is 15.9 Å². The van der Waals surface area contributed by atoms with E-state index in [0.717, 1.165) is 23.4 Å². The van der Waals surface area contributed by atoms with Crippen LogP contribution in [0.3, 0.4) is 0 Å². The van der Waals surface area contributed by atoms with Crippen LogP contribution in [0, 0.1) is 11.6 Å². The number of hydrogen-bond acceptors (Lipinski definition) is 2. The molecule has 2 aromatic carbocycles. The highest BCUT2D eigenvalue weighted by Crippen LogP contribution is 2.23. The summed E-state index contributed by atoms with van der Waals surface area (Å²) < 4.78 is 32.1. The fraction of sp³-hybridized carbons (Fsp3) is 0.200. The van der Waals surface area contributed by atoms with Gasteiger partial charge < -0.3 is 10.1 Å². The molecule has 2 nitrogen and oxygen atoms in total. The minimum absolute atomic E-state index is 0.121. The van der Waals surface area contributed by atoms with E-state index in [9.17, 15) is 8.78 Å². The number of methoxy groups -OCH3 is 1. The summed E-state index contributed by atoms with van der Waals surface area (Å²) in [7, 11) is 1.61. The zero-order valence-electron chi connectivity index (χ0n) is 10.9. The second kappa shape index (κ2) is 6.70. The van der Waals surface area contributed by atoms with Gasteiger partial charge >= 0.3 is 0 Å². The molecule has 106 valence electrons. The third-order valence-electron chi connectivity index (χ3n) is 2.90. The number of nitrogens with one attached hydrogen (secondary N) is 1. The monoisotopic (exact) mass is 341 g/mol. The minimum Gasteiger partial charge on any atom is -0.497 e. The molecule has 2 aromatic rings. The third-order valence-corrected chi connectivity index (χ3v) is 3.51. The Labute approximate surface area is 124 Å². The summed E-state index contributed by atoms with van der Waals surface area (Å²) in [4.78, 5) is 0. The fourth-order valence-corrected chi connectivity index (χ4v) is 2.11. The maximum atomic E-state index is 13.6. The number of hydrogen-bond donors (Lipinski definition) is 1. The molecule has 0 fully saturated rings. The molecule has 0 unspecified atom stereocenters. The zero-order chi connectivity index (χ0) is 14.5. The molecule has 0 spiro atoms. The summed E-state index contributed by atoms with van der Waals surface area (Å²) in [6, 6.07) is 9.89. The Balaban J connectivity index is 1.94. The van der Waals surface area contributed by atoms with Crippen LogP contribution in [-0.4, -0.2) is 13.7 Å². The molecule has 1 N–H and O–H groups in total. The van der Waals surface area contributed by atoms with E-state index < -0.39 is 11.6 Å². The molecule has 0 atom stereocenters. The molecule has 5 heteroatoms. The second-order valence-electron chi connectivity index (χ2n) is 4.27. The van der Waals surface area contributed by atoms with Crippen molar-refractivity contribution in [1.29, 1.82) is 0 Å². The molecule has 0 bridgehead atoms. The highest BCUT2D eigenvalue weighted by molar-refractivity contribution is 9.10. The van der Waals surface area contributed by atoms with Crippen LogP contribution in [0.2, 0.25) is 0 Å². The van der Waals surface area contributed by atoms with Crippen LogP contribution in [0.25, 0.3) is 0 Å². The Bertz CT molecular complexity index is 587.